The molecular formula is C17H23N3O3. The molecule has 0 unspecified atom stereocenters. The average molecular weight is 317 g/mol. The Balaban J connectivity index is 1.68. The number of carbonyl (C=O) groups is 2. The SMILES string of the molecule is Cc1ccc(N2C(=O)C[C@@H](N3CCN(CCO)CC3)C2=O)cc1. The highest BCUT2D eigenvalue weighted by Gasteiger charge is 2.43. The average Bonchev–Trinajstić information content (AvgIpc) is 2.84. The van der Waals surface area contributed by atoms with E-state index >= 15 is 0 Å². The second-order valence-corrected chi connectivity index (χ2v) is 6.22. The van der Waals surface area contributed by atoms with E-state index in [4.69, 9.17) is 5.11 Å². The molecule has 2 amide bonds. The van der Waals surface area contributed by atoms with Crippen LogP contribution in [0.4, 0.5) is 5.69 Å². The van der Waals surface area contributed by atoms with E-state index in [0.29, 0.717) is 12.2 Å². The molecule has 0 bridgehead atoms. The summed E-state index contributed by atoms with van der Waals surface area (Å²) in [4.78, 5) is 30.6. The summed E-state index contributed by atoms with van der Waals surface area (Å²) >= 11 is 0. The van der Waals surface area contributed by atoms with Gasteiger partial charge in [0.1, 0.15) is 0 Å². The second kappa shape index (κ2) is 6.78. The van der Waals surface area contributed by atoms with Gasteiger partial charge in [0.15, 0.2) is 0 Å². The minimum Gasteiger partial charge on any atom is -0.395 e. The Labute approximate surface area is 136 Å². The van der Waals surface area contributed by atoms with E-state index in [1.807, 2.05) is 31.2 Å². The van der Waals surface area contributed by atoms with E-state index in [2.05, 4.69) is 9.80 Å². The van der Waals surface area contributed by atoms with Gasteiger partial charge in [0.05, 0.1) is 24.8 Å². The third-order valence-electron chi connectivity index (χ3n) is 4.68. The Bertz CT molecular complexity index is 579. The number of anilines is 1. The van der Waals surface area contributed by atoms with E-state index in [0.717, 1.165) is 31.7 Å². The molecule has 0 spiro atoms. The molecule has 0 aliphatic carbocycles. The zero-order valence-electron chi connectivity index (χ0n) is 13.4. The molecule has 1 atom stereocenters. The Kier molecular flexibility index (Phi) is 4.75. The fraction of sp³-hybridized carbons (Fsp3) is 0.529. The summed E-state index contributed by atoms with van der Waals surface area (Å²) in [6.07, 6.45) is 0.257. The third-order valence-corrected chi connectivity index (χ3v) is 4.68. The highest BCUT2D eigenvalue weighted by atomic mass is 16.3. The summed E-state index contributed by atoms with van der Waals surface area (Å²) in [6.45, 7) is 5.96. The number of aliphatic hydroxyl groups excluding tert-OH is 1. The van der Waals surface area contributed by atoms with Gasteiger partial charge in [0, 0.05) is 32.7 Å². The van der Waals surface area contributed by atoms with E-state index in [1.165, 1.54) is 4.90 Å². The number of aliphatic hydroxyl groups is 1. The van der Waals surface area contributed by atoms with Crippen molar-refractivity contribution in [3.8, 4) is 0 Å². The molecule has 2 fully saturated rings. The van der Waals surface area contributed by atoms with Crippen molar-refractivity contribution in [2.45, 2.75) is 19.4 Å². The number of piperazine rings is 1. The quantitative estimate of drug-likeness (QED) is 0.806. The molecule has 1 aromatic rings. The van der Waals surface area contributed by atoms with Gasteiger partial charge >= 0.3 is 0 Å². The minimum atomic E-state index is -0.347. The van der Waals surface area contributed by atoms with Crippen LogP contribution < -0.4 is 4.90 Å². The lowest BCUT2D eigenvalue weighted by Crippen LogP contribution is -2.52. The van der Waals surface area contributed by atoms with Crippen molar-refractivity contribution >= 4 is 17.5 Å². The van der Waals surface area contributed by atoms with Crippen molar-refractivity contribution in [1.82, 2.24) is 9.80 Å². The Hall–Kier alpha value is -1.76. The molecule has 2 heterocycles. The Morgan fingerprint density at radius 2 is 1.74 bits per heavy atom. The van der Waals surface area contributed by atoms with Crippen LogP contribution in [0, 0.1) is 6.92 Å². The van der Waals surface area contributed by atoms with Gasteiger partial charge in [-0.1, -0.05) is 17.7 Å². The van der Waals surface area contributed by atoms with E-state index in [-0.39, 0.29) is 30.9 Å². The van der Waals surface area contributed by atoms with Crippen LogP contribution in [-0.4, -0.2) is 72.1 Å². The monoisotopic (exact) mass is 317 g/mol. The maximum absolute atomic E-state index is 12.7. The number of carbonyl (C=O) groups excluding carboxylic acids is 2. The first-order valence-electron chi connectivity index (χ1n) is 8.11. The van der Waals surface area contributed by atoms with Crippen molar-refractivity contribution in [3.05, 3.63) is 29.8 Å². The maximum atomic E-state index is 12.7. The number of amides is 2. The Morgan fingerprint density at radius 1 is 1.09 bits per heavy atom. The molecule has 2 aliphatic heterocycles. The minimum absolute atomic E-state index is 0.116. The normalized spacial score (nSPS) is 23.7. The van der Waals surface area contributed by atoms with Crippen molar-refractivity contribution in [2.24, 2.45) is 0 Å². The number of hydrogen-bond acceptors (Lipinski definition) is 5. The molecule has 1 N–H and O–H groups in total. The fourth-order valence-electron chi connectivity index (χ4n) is 3.31. The molecule has 0 saturated carbocycles. The number of aryl methyl sites for hydroxylation is 1. The van der Waals surface area contributed by atoms with Crippen LogP contribution in [0.5, 0.6) is 0 Å². The van der Waals surface area contributed by atoms with Crippen molar-refractivity contribution < 1.29 is 14.7 Å². The molecule has 2 saturated heterocycles. The highest BCUT2D eigenvalue weighted by molar-refractivity contribution is 6.22. The molecule has 6 heteroatoms. The van der Waals surface area contributed by atoms with Gasteiger partial charge in [-0.3, -0.25) is 19.4 Å². The first-order chi connectivity index (χ1) is 11.1. The first-order valence-corrected chi connectivity index (χ1v) is 8.11. The summed E-state index contributed by atoms with van der Waals surface area (Å²) in [7, 11) is 0. The second-order valence-electron chi connectivity index (χ2n) is 6.22. The predicted octanol–water partition coefficient (Wildman–Crippen LogP) is 0.237. The maximum Gasteiger partial charge on any atom is 0.251 e. The van der Waals surface area contributed by atoms with E-state index in [1.54, 1.807) is 0 Å². The number of benzene rings is 1. The smallest absolute Gasteiger partial charge is 0.251 e. The van der Waals surface area contributed by atoms with E-state index in [9.17, 15) is 9.59 Å². The van der Waals surface area contributed by atoms with Crippen molar-refractivity contribution in [3.63, 3.8) is 0 Å². The molecule has 2 aliphatic rings. The molecule has 3 rings (SSSR count). The number of nitrogens with zero attached hydrogens (tertiary/aromatic N) is 3. The number of imide groups is 1. The summed E-state index contributed by atoms with van der Waals surface area (Å²) < 4.78 is 0. The van der Waals surface area contributed by atoms with Crippen LogP contribution >= 0.6 is 0 Å². The molecule has 0 radical (unpaired) electrons. The summed E-state index contributed by atoms with van der Waals surface area (Å²) in [5.41, 5.74) is 1.76. The van der Waals surface area contributed by atoms with Gasteiger partial charge in [-0.05, 0) is 19.1 Å². The van der Waals surface area contributed by atoms with Crippen molar-refractivity contribution in [2.75, 3.05) is 44.2 Å². The van der Waals surface area contributed by atoms with Crippen LogP contribution in [0.1, 0.15) is 12.0 Å². The summed E-state index contributed by atoms with van der Waals surface area (Å²) in [6, 6.07) is 7.13. The zero-order chi connectivity index (χ0) is 16.4. The van der Waals surface area contributed by atoms with Crippen LogP contribution in [-0.2, 0) is 9.59 Å². The lowest BCUT2D eigenvalue weighted by Gasteiger charge is -2.36. The fourth-order valence-corrected chi connectivity index (χ4v) is 3.31. The van der Waals surface area contributed by atoms with Gasteiger partial charge < -0.3 is 5.11 Å². The molecule has 1 aromatic carbocycles. The molecular weight excluding hydrogens is 294 g/mol. The van der Waals surface area contributed by atoms with Crippen LogP contribution in [0.3, 0.4) is 0 Å². The number of hydrogen-bond donors (Lipinski definition) is 1. The first kappa shape index (κ1) is 16.1. The van der Waals surface area contributed by atoms with Gasteiger partial charge in [-0.15, -0.1) is 0 Å². The number of rotatable bonds is 4. The highest BCUT2D eigenvalue weighted by Crippen LogP contribution is 2.26. The predicted molar refractivity (Wildman–Crippen MR) is 87.2 cm³/mol. The zero-order valence-corrected chi connectivity index (χ0v) is 13.4. The summed E-state index contributed by atoms with van der Waals surface area (Å²) in [5.74, 6) is -0.240. The third kappa shape index (κ3) is 3.29. The van der Waals surface area contributed by atoms with Crippen LogP contribution in [0.25, 0.3) is 0 Å². The molecule has 23 heavy (non-hydrogen) atoms. The number of β-amino-alcohol motifs (C(OH)–C–C–N with tert-alkyl or cyclic N) is 1. The molecule has 6 nitrogen and oxygen atoms in total. The van der Waals surface area contributed by atoms with Gasteiger partial charge in [-0.25, -0.2) is 4.90 Å². The summed E-state index contributed by atoms with van der Waals surface area (Å²) in [5, 5.41) is 8.99. The standard InChI is InChI=1S/C17H23N3O3/c1-13-2-4-14(5-3-13)20-16(22)12-15(17(20)23)19-8-6-18(7-9-19)10-11-21/h2-5,15,21H,6-12H2,1H3/t15-/m1/s1. The largest absolute Gasteiger partial charge is 0.395 e. The van der Waals surface area contributed by atoms with Gasteiger partial charge in [0.25, 0.3) is 5.91 Å². The van der Waals surface area contributed by atoms with Crippen LogP contribution in [0.15, 0.2) is 24.3 Å². The van der Waals surface area contributed by atoms with Gasteiger partial charge in [-0.2, -0.15) is 0 Å². The van der Waals surface area contributed by atoms with Crippen LogP contribution in [0.2, 0.25) is 0 Å². The molecule has 124 valence electrons. The topological polar surface area (TPSA) is 64.1 Å². The Morgan fingerprint density at radius 3 is 2.35 bits per heavy atom. The lowest BCUT2D eigenvalue weighted by molar-refractivity contribution is -0.123. The molecule has 0 aromatic heterocycles. The van der Waals surface area contributed by atoms with Gasteiger partial charge in [0.2, 0.25) is 5.91 Å². The lowest BCUT2D eigenvalue weighted by atomic mass is 10.1. The van der Waals surface area contributed by atoms with E-state index < -0.39 is 0 Å². The van der Waals surface area contributed by atoms with Crippen molar-refractivity contribution in [1.29, 1.82) is 0 Å².